The maximum atomic E-state index is 2.99. The van der Waals surface area contributed by atoms with E-state index in [1.807, 2.05) is 60.7 Å². The molecule has 0 atom stereocenters. The Morgan fingerprint density at radius 1 is 0.667 bits per heavy atom. The van der Waals surface area contributed by atoms with Crippen molar-refractivity contribution in [1.29, 1.82) is 0 Å². The second-order valence-electron chi connectivity index (χ2n) is 6.25. The van der Waals surface area contributed by atoms with Crippen LogP contribution in [0.1, 0.15) is 24.0 Å². The molecule has 152 valence electrons. The van der Waals surface area contributed by atoms with E-state index in [0.29, 0.717) is 9.52 Å². The molecule has 2 heteroatoms. The molecule has 0 heterocycles. The first-order valence-corrected chi connectivity index (χ1v) is 13.1. The third-order valence-corrected chi connectivity index (χ3v) is 3.46. The van der Waals surface area contributed by atoms with Gasteiger partial charge in [0.2, 0.25) is 0 Å². The number of allylic oxidation sites excluding steroid dienone is 10. The largest absolute Gasteiger partial charge is 2.00 e. The van der Waals surface area contributed by atoms with Gasteiger partial charge in [-0.2, -0.15) is 12.2 Å². The molecule has 0 aliphatic heterocycles. The van der Waals surface area contributed by atoms with E-state index in [0.717, 1.165) is 12.8 Å². The maximum Gasteiger partial charge on any atom is 2.00 e. The van der Waals surface area contributed by atoms with Crippen LogP contribution >= 0.6 is 0 Å². The molecule has 2 aliphatic rings. The van der Waals surface area contributed by atoms with Gasteiger partial charge >= 0.3 is 26.2 Å². The Balaban J connectivity index is 0.000000490. The average Bonchev–Trinajstić information content (AvgIpc) is 3.53. The fourth-order valence-electron chi connectivity index (χ4n) is 2.14. The van der Waals surface area contributed by atoms with Crippen LogP contribution < -0.4 is 0 Å². The minimum atomic E-state index is 0. The summed E-state index contributed by atoms with van der Waals surface area (Å²) in [4.78, 5) is 0. The predicted molar refractivity (Wildman–Crippen MR) is 134 cm³/mol. The maximum absolute atomic E-state index is 2.99. The standard InChI is InChI=1S/C16H14.2C5H5.C2H8Si.Zr/c1-3-9-15(10-4-1)13-7-8-14-16-11-5-2-6-12-16;2*1-2-4-5-3-1;1-3-2;/h1-14H;2*1-3H,4H2;3H2,1-2H3;/q;2*-1;;+2. The Labute approximate surface area is 205 Å². The van der Waals surface area contributed by atoms with Crippen molar-refractivity contribution in [1.82, 2.24) is 0 Å². The zero-order valence-electron chi connectivity index (χ0n) is 18.2. The summed E-state index contributed by atoms with van der Waals surface area (Å²) in [6.07, 6.45) is 28.3. The van der Waals surface area contributed by atoms with Gasteiger partial charge in [0.1, 0.15) is 0 Å². The molecule has 0 fully saturated rings. The molecule has 0 nitrogen and oxygen atoms in total. The van der Waals surface area contributed by atoms with Gasteiger partial charge in [-0.3, -0.25) is 12.2 Å². The summed E-state index contributed by atoms with van der Waals surface area (Å²) in [7, 11) is 0.417. The van der Waals surface area contributed by atoms with Gasteiger partial charge in [-0.15, -0.1) is 12.8 Å². The minimum Gasteiger partial charge on any atom is -0.273 e. The summed E-state index contributed by atoms with van der Waals surface area (Å²) in [5.41, 5.74) is 2.44. The smallest absolute Gasteiger partial charge is 0.273 e. The molecule has 0 radical (unpaired) electrons. The second kappa shape index (κ2) is 21.7. The van der Waals surface area contributed by atoms with Gasteiger partial charge in [0.25, 0.3) is 0 Å². The Bertz CT molecular complexity index is 708. The molecular formula is C28H32SiZr. The summed E-state index contributed by atoms with van der Waals surface area (Å²) in [6, 6.07) is 20.6. The summed E-state index contributed by atoms with van der Waals surface area (Å²) < 4.78 is 0. The van der Waals surface area contributed by atoms with Crippen LogP contribution in [-0.4, -0.2) is 9.52 Å². The van der Waals surface area contributed by atoms with E-state index in [9.17, 15) is 0 Å². The molecule has 30 heavy (non-hydrogen) atoms. The third kappa shape index (κ3) is 16.9. The molecule has 0 saturated heterocycles. The van der Waals surface area contributed by atoms with Crippen LogP contribution in [0.2, 0.25) is 13.1 Å². The third-order valence-electron chi connectivity index (χ3n) is 3.46. The summed E-state index contributed by atoms with van der Waals surface area (Å²) in [6.45, 7) is 4.53. The van der Waals surface area contributed by atoms with Gasteiger partial charge < -0.3 is 0 Å². The molecule has 0 bridgehead atoms. The molecular weight excluding hydrogens is 456 g/mol. The first kappa shape index (κ1) is 28.0. The van der Waals surface area contributed by atoms with Crippen molar-refractivity contribution < 1.29 is 26.2 Å². The van der Waals surface area contributed by atoms with Crippen molar-refractivity contribution in [3.8, 4) is 0 Å². The Morgan fingerprint density at radius 3 is 1.27 bits per heavy atom. The van der Waals surface area contributed by atoms with Crippen molar-refractivity contribution in [3.63, 3.8) is 0 Å². The summed E-state index contributed by atoms with van der Waals surface area (Å²) in [5, 5.41) is 0. The Kier molecular flexibility index (Phi) is 20.2. The van der Waals surface area contributed by atoms with Crippen molar-refractivity contribution in [2.75, 3.05) is 0 Å². The molecule has 4 rings (SSSR count). The molecule has 2 aromatic rings. The van der Waals surface area contributed by atoms with Crippen LogP contribution in [0.3, 0.4) is 0 Å². The molecule has 0 amide bonds. The van der Waals surface area contributed by atoms with Crippen LogP contribution in [0, 0.1) is 12.2 Å². The first-order chi connectivity index (χ1) is 14.4. The van der Waals surface area contributed by atoms with Gasteiger partial charge in [0.05, 0.1) is 0 Å². The molecule has 0 unspecified atom stereocenters. The first-order valence-electron chi connectivity index (χ1n) is 10.2. The summed E-state index contributed by atoms with van der Waals surface area (Å²) >= 11 is 0. The Morgan fingerprint density at radius 2 is 1.03 bits per heavy atom. The fraction of sp³-hybridized carbons (Fsp3) is 0.143. The van der Waals surface area contributed by atoms with E-state index >= 15 is 0 Å². The van der Waals surface area contributed by atoms with Crippen molar-refractivity contribution in [2.45, 2.75) is 25.9 Å². The van der Waals surface area contributed by atoms with Crippen LogP contribution in [0.25, 0.3) is 12.2 Å². The number of hydrogen-bond donors (Lipinski definition) is 0. The molecule has 0 saturated carbocycles. The van der Waals surface area contributed by atoms with Gasteiger partial charge in [-0.05, 0) is 11.1 Å². The zero-order valence-corrected chi connectivity index (χ0v) is 22.0. The number of rotatable bonds is 3. The summed E-state index contributed by atoms with van der Waals surface area (Å²) in [5.74, 6) is 0. The monoisotopic (exact) mass is 486 g/mol. The Hall–Kier alpha value is -2.02. The van der Waals surface area contributed by atoms with Crippen LogP contribution in [0.15, 0.2) is 109 Å². The van der Waals surface area contributed by atoms with E-state index in [1.165, 1.54) is 11.1 Å². The van der Waals surface area contributed by atoms with Gasteiger partial charge in [-0.1, -0.05) is 98.1 Å². The molecule has 2 aromatic carbocycles. The SMILES string of the molecule is C(C=Cc1ccccc1)=Cc1ccccc1.C[SiH2]C.[C-]1=CC=CC1.[C-]1=CC=CC1.[Zr+2]. The van der Waals surface area contributed by atoms with Gasteiger partial charge in [-0.25, -0.2) is 24.3 Å². The van der Waals surface area contributed by atoms with Gasteiger partial charge in [0.15, 0.2) is 0 Å². The van der Waals surface area contributed by atoms with E-state index < -0.39 is 0 Å². The van der Waals surface area contributed by atoms with Crippen LogP contribution in [0.5, 0.6) is 0 Å². The zero-order chi connectivity index (χ0) is 20.8. The minimum absolute atomic E-state index is 0. The molecule has 0 N–H and O–H groups in total. The van der Waals surface area contributed by atoms with E-state index in [4.69, 9.17) is 0 Å². The van der Waals surface area contributed by atoms with E-state index in [1.54, 1.807) is 0 Å². The van der Waals surface area contributed by atoms with E-state index in [-0.39, 0.29) is 26.2 Å². The molecule has 0 spiro atoms. The van der Waals surface area contributed by atoms with E-state index in [2.05, 4.69) is 86.0 Å². The van der Waals surface area contributed by atoms with Crippen molar-refractivity contribution in [2.24, 2.45) is 0 Å². The normalized spacial score (nSPS) is 12.5. The van der Waals surface area contributed by atoms with Crippen molar-refractivity contribution in [3.05, 3.63) is 133 Å². The predicted octanol–water partition coefficient (Wildman–Crippen LogP) is 7.27. The van der Waals surface area contributed by atoms with Crippen LogP contribution in [0.4, 0.5) is 0 Å². The number of hydrogen-bond acceptors (Lipinski definition) is 0. The molecule has 0 aromatic heterocycles. The number of benzene rings is 2. The van der Waals surface area contributed by atoms with Crippen LogP contribution in [-0.2, 0) is 26.2 Å². The second-order valence-corrected chi connectivity index (χ2v) is 7.67. The fourth-order valence-corrected chi connectivity index (χ4v) is 2.14. The van der Waals surface area contributed by atoms with Gasteiger partial charge in [0, 0.05) is 9.52 Å². The quantitative estimate of drug-likeness (QED) is 0.242. The van der Waals surface area contributed by atoms with Crippen molar-refractivity contribution >= 4 is 21.7 Å². The topological polar surface area (TPSA) is 0 Å². The molecule has 2 aliphatic carbocycles. The average molecular weight is 488 g/mol.